The molecule has 3 aromatic rings. The Bertz CT molecular complexity index is 838. The molecule has 0 radical (unpaired) electrons. The Labute approximate surface area is 155 Å². The van der Waals surface area contributed by atoms with E-state index in [0.717, 1.165) is 29.1 Å². The first kappa shape index (κ1) is 17.7. The van der Waals surface area contributed by atoms with Gasteiger partial charge >= 0.3 is 0 Å². The molecule has 7 heteroatoms. The molecule has 0 aliphatic carbocycles. The predicted molar refractivity (Wildman–Crippen MR) is 103 cm³/mol. The number of benzene rings is 1. The fourth-order valence-electron chi connectivity index (χ4n) is 2.44. The molecule has 1 aromatic carbocycles. The number of amides is 1. The molecule has 0 spiro atoms. The predicted octanol–water partition coefficient (Wildman–Crippen LogP) is 4.19. The van der Waals surface area contributed by atoms with Gasteiger partial charge in [-0.2, -0.15) is 0 Å². The number of para-hydroxylation sites is 1. The average Bonchev–Trinajstić information content (AvgIpc) is 3.23. The fraction of sp³-hybridized carbons (Fsp3) is 0.278. The number of anilines is 1. The first-order chi connectivity index (χ1) is 12.0. The van der Waals surface area contributed by atoms with E-state index in [2.05, 4.69) is 26.6 Å². The molecule has 0 saturated heterocycles. The highest BCUT2D eigenvalue weighted by molar-refractivity contribution is 8.00. The number of hydrogen-bond donors (Lipinski definition) is 2. The van der Waals surface area contributed by atoms with Crippen molar-refractivity contribution in [1.29, 1.82) is 0 Å². The molecule has 0 aliphatic rings. The van der Waals surface area contributed by atoms with Crippen molar-refractivity contribution in [3.8, 4) is 0 Å². The number of thioether (sulfide) groups is 1. The number of aromatic nitrogens is 3. The first-order valence-electron chi connectivity index (χ1n) is 8.00. The van der Waals surface area contributed by atoms with E-state index in [-0.39, 0.29) is 11.2 Å². The van der Waals surface area contributed by atoms with Crippen LogP contribution in [0.4, 0.5) is 5.69 Å². The summed E-state index contributed by atoms with van der Waals surface area (Å²) in [4.78, 5) is 18.2. The van der Waals surface area contributed by atoms with Crippen LogP contribution in [0.1, 0.15) is 28.8 Å². The maximum absolute atomic E-state index is 12.5. The minimum Gasteiger partial charge on any atom is -0.325 e. The summed E-state index contributed by atoms with van der Waals surface area (Å²) < 4.78 is 0. The molecule has 2 N–H and O–H groups in total. The highest BCUT2D eigenvalue weighted by Gasteiger charge is 2.18. The van der Waals surface area contributed by atoms with Gasteiger partial charge in [0.25, 0.3) is 0 Å². The zero-order valence-electron chi connectivity index (χ0n) is 14.4. The molecule has 0 saturated carbocycles. The van der Waals surface area contributed by atoms with Gasteiger partial charge in [-0.3, -0.25) is 9.89 Å². The Balaban J connectivity index is 1.61. The smallest absolute Gasteiger partial charge is 0.237 e. The monoisotopic (exact) mass is 372 g/mol. The maximum Gasteiger partial charge on any atom is 0.237 e. The van der Waals surface area contributed by atoms with Crippen LogP contribution in [0.25, 0.3) is 0 Å². The number of carbonyl (C=O) groups excluding carboxylic acids is 1. The van der Waals surface area contributed by atoms with Crippen molar-refractivity contribution in [3.05, 3.63) is 57.5 Å². The van der Waals surface area contributed by atoms with Crippen molar-refractivity contribution in [2.24, 2.45) is 0 Å². The van der Waals surface area contributed by atoms with E-state index in [4.69, 9.17) is 0 Å². The van der Waals surface area contributed by atoms with Crippen LogP contribution < -0.4 is 5.32 Å². The number of aryl methyl sites for hydroxylation is 2. The molecule has 3 rings (SSSR count). The topological polar surface area (TPSA) is 70.7 Å². The summed E-state index contributed by atoms with van der Waals surface area (Å²) in [6.45, 7) is 5.85. The molecule has 130 valence electrons. The largest absolute Gasteiger partial charge is 0.325 e. The average molecular weight is 373 g/mol. The Morgan fingerprint density at radius 2 is 2.04 bits per heavy atom. The van der Waals surface area contributed by atoms with E-state index in [1.807, 2.05) is 50.4 Å². The number of nitrogens with zero attached hydrogens (tertiary/aromatic N) is 2. The van der Waals surface area contributed by atoms with Gasteiger partial charge in [0.15, 0.2) is 0 Å². The van der Waals surface area contributed by atoms with Crippen LogP contribution in [0.15, 0.2) is 40.9 Å². The van der Waals surface area contributed by atoms with Gasteiger partial charge in [0.2, 0.25) is 11.1 Å². The Morgan fingerprint density at radius 1 is 1.28 bits per heavy atom. The van der Waals surface area contributed by atoms with Gasteiger partial charge in [-0.15, -0.1) is 16.4 Å². The molecular formula is C18H20N4OS2. The quantitative estimate of drug-likeness (QED) is 0.637. The molecule has 5 nitrogen and oxygen atoms in total. The number of carbonyl (C=O) groups is 1. The standard InChI is InChI=1S/C18H20N4OS2/c1-11-6-4-7-12(2)16(11)20-17(23)13(3)25-18-19-15(21-22-18)10-14-8-5-9-24-14/h4-9,13H,10H2,1-3H3,(H,20,23)(H,19,21,22). The highest BCUT2D eigenvalue weighted by atomic mass is 32.2. The lowest BCUT2D eigenvalue weighted by atomic mass is 10.1. The maximum atomic E-state index is 12.5. The first-order valence-corrected chi connectivity index (χ1v) is 9.76. The third kappa shape index (κ3) is 4.49. The van der Waals surface area contributed by atoms with Gasteiger partial charge in [-0.05, 0) is 43.3 Å². The molecule has 1 unspecified atom stereocenters. The molecule has 2 aromatic heterocycles. The molecule has 1 atom stereocenters. The Hall–Kier alpha value is -2.12. The van der Waals surface area contributed by atoms with Gasteiger partial charge in [0.1, 0.15) is 5.82 Å². The van der Waals surface area contributed by atoms with Crippen LogP contribution in [0.3, 0.4) is 0 Å². The van der Waals surface area contributed by atoms with E-state index >= 15 is 0 Å². The Morgan fingerprint density at radius 3 is 2.72 bits per heavy atom. The van der Waals surface area contributed by atoms with Crippen molar-refractivity contribution < 1.29 is 4.79 Å². The van der Waals surface area contributed by atoms with E-state index in [0.29, 0.717) is 5.16 Å². The zero-order valence-corrected chi connectivity index (χ0v) is 16.0. The molecule has 0 fully saturated rings. The molecule has 0 bridgehead atoms. The van der Waals surface area contributed by atoms with Crippen LogP contribution in [-0.2, 0) is 11.2 Å². The van der Waals surface area contributed by atoms with Crippen molar-refractivity contribution >= 4 is 34.7 Å². The lowest BCUT2D eigenvalue weighted by Crippen LogP contribution is -2.23. The number of rotatable bonds is 6. The second-order valence-corrected chi connectivity index (χ2v) is 8.18. The molecule has 1 amide bonds. The van der Waals surface area contributed by atoms with Crippen LogP contribution in [0.5, 0.6) is 0 Å². The second-order valence-electron chi connectivity index (χ2n) is 5.84. The minimum atomic E-state index is -0.288. The second kappa shape index (κ2) is 7.84. The summed E-state index contributed by atoms with van der Waals surface area (Å²) in [7, 11) is 0. The van der Waals surface area contributed by atoms with Crippen molar-refractivity contribution in [3.63, 3.8) is 0 Å². The van der Waals surface area contributed by atoms with Crippen molar-refractivity contribution in [2.45, 2.75) is 37.6 Å². The van der Waals surface area contributed by atoms with Gasteiger partial charge in [0.05, 0.1) is 5.25 Å². The fourth-order valence-corrected chi connectivity index (χ4v) is 3.89. The van der Waals surface area contributed by atoms with E-state index in [1.54, 1.807) is 11.3 Å². The highest BCUT2D eigenvalue weighted by Crippen LogP contribution is 2.24. The summed E-state index contributed by atoms with van der Waals surface area (Å²) in [6, 6.07) is 10.1. The molecular weight excluding hydrogens is 352 g/mol. The van der Waals surface area contributed by atoms with E-state index in [9.17, 15) is 4.79 Å². The van der Waals surface area contributed by atoms with Crippen molar-refractivity contribution in [2.75, 3.05) is 5.32 Å². The summed E-state index contributed by atoms with van der Waals surface area (Å²) in [5, 5.41) is 12.5. The Kier molecular flexibility index (Phi) is 5.55. The summed E-state index contributed by atoms with van der Waals surface area (Å²) >= 11 is 3.04. The van der Waals surface area contributed by atoms with Gasteiger partial charge in [-0.1, -0.05) is 36.0 Å². The molecule has 2 heterocycles. The van der Waals surface area contributed by atoms with Gasteiger partial charge in [0, 0.05) is 17.0 Å². The van der Waals surface area contributed by atoms with E-state index < -0.39 is 0 Å². The van der Waals surface area contributed by atoms with Crippen LogP contribution >= 0.6 is 23.1 Å². The van der Waals surface area contributed by atoms with Gasteiger partial charge < -0.3 is 5.32 Å². The number of hydrogen-bond acceptors (Lipinski definition) is 5. The summed E-state index contributed by atoms with van der Waals surface area (Å²) in [5.74, 6) is 0.763. The summed E-state index contributed by atoms with van der Waals surface area (Å²) in [6.07, 6.45) is 0.730. The SMILES string of the molecule is Cc1cccc(C)c1NC(=O)C(C)Sc1n[nH]c(Cc2cccs2)n1. The zero-order chi connectivity index (χ0) is 17.8. The normalized spacial score (nSPS) is 12.1. The lowest BCUT2D eigenvalue weighted by molar-refractivity contribution is -0.115. The summed E-state index contributed by atoms with van der Waals surface area (Å²) in [5.41, 5.74) is 3.00. The van der Waals surface area contributed by atoms with Crippen LogP contribution in [-0.4, -0.2) is 26.3 Å². The minimum absolute atomic E-state index is 0.0491. The third-order valence-electron chi connectivity index (χ3n) is 3.81. The lowest BCUT2D eigenvalue weighted by Gasteiger charge is -2.14. The number of H-pyrrole nitrogens is 1. The van der Waals surface area contributed by atoms with Crippen LogP contribution in [0, 0.1) is 13.8 Å². The molecule has 25 heavy (non-hydrogen) atoms. The third-order valence-corrected chi connectivity index (χ3v) is 5.65. The molecule has 0 aliphatic heterocycles. The number of thiophene rings is 1. The van der Waals surface area contributed by atoms with E-state index in [1.165, 1.54) is 16.6 Å². The number of nitrogens with one attached hydrogen (secondary N) is 2. The van der Waals surface area contributed by atoms with Crippen molar-refractivity contribution in [1.82, 2.24) is 15.2 Å². The van der Waals surface area contributed by atoms with Crippen LogP contribution in [0.2, 0.25) is 0 Å². The van der Waals surface area contributed by atoms with Gasteiger partial charge in [-0.25, -0.2) is 4.98 Å². The number of aromatic amines is 1.